The Hall–Kier alpha value is -5.20. The van der Waals surface area contributed by atoms with E-state index in [2.05, 4.69) is 183 Å². The maximum absolute atomic E-state index is 2.67. The van der Waals surface area contributed by atoms with Crippen LogP contribution in [0.4, 0.5) is 0 Å². The summed E-state index contributed by atoms with van der Waals surface area (Å²) in [6, 6.07) is 33.4. The maximum Gasteiger partial charge on any atom is 0.0159 e. The van der Waals surface area contributed by atoms with Crippen molar-refractivity contribution in [1.29, 1.82) is 0 Å². The minimum atomic E-state index is -0.106. The second-order valence-electron chi connectivity index (χ2n) is 19.9. The van der Waals surface area contributed by atoms with Crippen molar-refractivity contribution >= 4 is 12.2 Å². The highest BCUT2D eigenvalue weighted by atomic mass is 14.5. The number of benzene rings is 5. The van der Waals surface area contributed by atoms with E-state index in [-0.39, 0.29) is 10.8 Å². The van der Waals surface area contributed by atoms with E-state index in [4.69, 9.17) is 0 Å². The minimum absolute atomic E-state index is 0.102. The van der Waals surface area contributed by atoms with Gasteiger partial charge in [-0.1, -0.05) is 154 Å². The molecular weight excluding hydrogens is 721 g/mol. The van der Waals surface area contributed by atoms with E-state index < -0.39 is 0 Å². The average Bonchev–Trinajstić information content (AvgIpc) is 3.60. The van der Waals surface area contributed by atoms with Crippen molar-refractivity contribution in [1.82, 2.24) is 0 Å². The Balaban J connectivity index is 1.06. The van der Waals surface area contributed by atoms with Gasteiger partial charge in [0.1, 0.15) is 0 Å². The van der Waals surface area contributed by atoms with E-state index in [1.807, 2.05) is 0 Å². The molecule has 0 aliphatic heterocycles. The lowest BCUT2D eigenvalue weighted by atomic mass is 9.71. The highest BCUT2D eigenvalue weighted by Gasteiger charge is 2.43. The third-order valence-corrected chi connectivity index (χ3v) is 15.7. The maximum atomic E-state index is 2.67. The van der Waals surface area contributed by atoms with Crippen LogP contribution in [0.2, 0.25) is 0 Å². The molecule has 0 spiro atoms. The fourth-order valence-corrected chi connectivity index (χ4v) is 12.2. The summed E-state index contributed by atoms with van der Waals surface area (Å²) in [6.45, 7) is 19.2. The van der Waals surface area contributed by atoms with E-state index in [9.17, 15) is 0 Å². The first-order valence-electron chi connectivity index (χ1n) is 22.9. The summed E-state index contributed by atoms with van der Waals surface area (Å²) in [7, 11) is 0. The van der Waals surface area contributed by atoms with Gasteiger partial charge in [0.05, 0.1) is 0 Å². The van der Waals surface area contributed by atoms with Gasteiger partial charge in [0.2, 0.25) is 0 Å². The first kappa shape index (κ1) is 39.0. The summed E-state index contributed by atoms with van der Waals surface area (Å²) >= 11 is 0. The van der Waals surface area contributed by atoms with E-state index in [1.165, 1.54) is 100 Å². The minimum Gasteiger partial charge on any atom is -0.0839 e. The van der Waals surface area contributed by atoms with Crippen LogP contribution >= 0.6 is 0 Å². The second kappa shape index (κ2) is 14.8. The van der Waals surface area contributed by atoms with Crippen molar-refractivity contribution < 1.29 is 0 Å². The lowest BCUT2D eigenvalue weighted by Crippen LogP contribution is -2.36. The molecule has 302 valence electrons. The molecule has 60 heavy (non-hydrogen) atoms. The lowest BCUT2D eigenvalue weighted by Gasteiger charge is -2.33. The molecule has 5 aromatic carbocycles. The highest BCUT2D eigenvalue weighted by Crippen LogP contribution is 2.56. The van der Waals surface area contributed by atoms with Crippen LogP contribution in [-0.4, -0.2) is 0 Å². The SMILES string of the molecule is CC1=CCCC=C1C(Cc1cc2c(c3c1=CCCC=3)-c1cc3c(cc1C2(C)C)-c1ccc(CC(c2ccccc2C)c2ccccc2C)cc1C3(C)C)C1CC=CC=C1C. The predicted molar refractivity (Wildman–Crippen MR) is 256 cm³/mol. The fourth-order valence-electron chi connectivity index (χ4n) is 12.2. The average molecular weight is 783 g/mol. The molecule has 0 nitrogen and oxygen atoms in total. The molecule has 0 saturated heterocycles. The Labute approximate surface area is 359 Å². The molecule has 0 bridgehead atoms. The van der Waals surface area contributed by atoms with E-state index in [0.717, 1.165) is 38.5 Å². The molecule has 5 aliphatic carbocycles. The van der Waals surface area contributed by atoms with Crippen molar-refractivity contribution in [3.63, 3.8) is 0 Å². The molecule has 0 N–H and O–H groups in total. The molecule has 5 aromatic rings. The molecule has 0 radical (unpaired) electrons. The third-order valence-electron chi connectivity index (χ3n) is 15.7. The number of allylic oxidation sites excluding steroid dienone is 8. The van der Waals surface area contributed by atoms with Gasteiger partial charge >= 0.3 is 0 Å². The Bertz CT molecular complexity index is 2790. The quantitative estimate of drug-likeness (QED) is 0.147. The molecule has 0 fully saturated rings. The van der Waals surface area contributed by atoms with Crippen molar-refractivity contribution in [3.05, 3.63) is 198 Å². The molecule has 0 heteroatoms. The molecule has 0 aromatic heterocycles. The number of hydrogen-bond donors (Lipinski definition) is 0. The van der Waals surface area contributed by atoms with Crippen LogP contribution in [0, 0.1) is 25.7 Å². The van der Waals surface area contributed by atoms with Gasteiger partial charge in [-0.15, -0.1) is 0 Å². The lowest BCUT2D eigenvalue weighted by molar-refractivity contribution is 0.429. The van der Waals surface area contributed by atoms with Crippen molar-refractivity contribution in [2.45, 2.75) is 117 Å². The molecule has 2 unspecified atom stereocenters. The molecule has 0 saturated carbocycles. The van der Waals surface area contributed by atoms with Crippen molar-refractivity contribution in [2.24, 2.45) is 11.8 Å². The molecule has 5 aliphatic rings. The molecule has 2 atom stereocenters. The van der Waals surface area contributed by atoms with Crippen LogP contribution < -0.4 is 10.4 Å². The van der Waals surface area contributed by atoms with E-state index in [1.54, 1.807) is 11.1 Å². The summed E-state index contributed by atoms with van der Waals surface area (Å²) in [4.78, 5) is 0. The zero-order chi connectivity index (χ0) is 41.5. The van der Waals surface area contributed by atoms with Gasteiger partial charge in [-0.25, -0.2) is 0 Å². The molecule has 10 rings (SSSR count). The first-order valence-corrected chi connectivity index (χ1v) is 22.9. The molecule has 0 amide bonds. The van der Waals surface area contributed by atoms with E-state index >= 15 is 0 Å². The summed E-state index contributed by atoms with van der Waals surface area (Å²) in [5.74, 6) is 1.31. The second-order valence-corrected chi connectivity index (χ2v) is 19.9. The third kappa shape index (κ3) is 6.23. The summed E-state index contributed by atoms with van der Waals surface area (Å²) in [6.07, 6.45) is 25.0. The Kier molecular flexibility index (Phi) is 9.59. The molecular formula is C60H62. The standard InChI is InChI=1S/C60H62/c1-37-19-9-13-23-43(37)50(44-24-14-10-20-38(44)2)31-41-29-30-48-52-35-56-53(36-55(52)59(5,6)54(48)32-41)58-49-28-18-17-27-47(49)42(34-57(58)60(56,7)8)33-51(45-25-15-11-21-39(45)3)46-26-16-12-22-40(46)4/h9-11,13-15,19-24,26-30,32,34-36,45,50-51H,12,16-18,25,31,33H2,1-8H3. The highest BCUT2D eigenvalue weighted by molar-refractivity contribution is 5.90. The largest absolute Gasteiger partial charge is 0.0839 e. The van der Waals surface area contributed by atoms with Crippen LogP contribution in [0.1, 0.15) is 135 Å². The van der Waals surface area contributed by atoms with Crippen molar-refractivity contribution in [2.75, 3.05) is 0 Å². The van der Waals surface area contributed by atoms with Crippen LogP contribution in [0.3, 0.4) is 0 Å². The van der Waals surface area contributed by atoms with E-state index in [0.29, 0.717) is 17.8 Å². The van der Waals surface area contributed by atoms with Gasteiger partial charge in [0.25, 0.3) is 0 Å². The zero-order valence-corrected chi connectivity index (χ0v) is 37.3. The summed E-state index contributed by atoms with van der Waals surface area (Å²) < 4.78 is 0. The Morgan fingerprint density at radius 1 is 0.583 bits per heavy atom. The van der Waals surface area contributed by atoms with Crippen molar-refractivity contribution in [3.8, 4) is 22.3 Å². The smallest absolute Gasteiger partial charge is 0.0159 e. The van der Waals surface area contributed by atoms with Crippen LogP contribution in [0.5, 0.6) is 0 Å². The zero-order valence-electron chi connectivity index (χ0n) is 37.3. The number of rotatable bonds is 8. The van der Waals surface area contributed by atoms with Crippen LogP contribution in [0.25, 0.3) is 34.4 Å². The summed E-state index contributed by atoms with van der Waals surface area (Å²) in [5, 5.41) is 3.00. The van der Waals surface area contributed by atoms with Crippen LogP contribution in [0.15, 0.2) is 132 Å². The predicted octanol–water partition coefficient (Wildman–Crippen LogP) is 14.0. The fraction of sp³-hybridized carbons (Fsp3) is 0.333. The van der Waals surface area contributed by atoms with Gasteiger partial charge in [0.15, 0.2) is 0 Å². The number of fused-ring (bicyclic) bond motifs is 8. The summed E-state index contributed by atoms with van der Waals surface area (Å²) in [5.41, 5.74) is 24.7. The van der Waals surface area contributed by atoms with Crippen LogP contribution in [-0.2, 0) is 23.7 Å². The Morgan fingerprint density at radius 3 is 1.90 bits per heavy atom. The van der Waals surface area contributed by atoms with Gasteiger partial charge < -0.3 is 0 Å². The number of hydrogen-bond acceptors (Lipinski definition) is 0. The topological polar surface area (TPSA) is 0 Å². The van der Waals surface area contributed by atoms with Gasteiger partial charge in [0, 0.05) is 16.7 Å². The van der Waals surface area contributed by atoms with Gasteiger partial charge in [-0.05, 0) is 191 Å². The number of aryl methyl sites for hydroxylation is 2. The Morgan fingerprint density at radius 2 is 1.20 bits per heavy atom. The first-order chi connectivity index (χ1) is 28.9. The monoisotopic (exact) mass is 782 g/mol. The normalized spacial score (nSPS) is 19.5. The molecule has 0 heterocycles. The van der Waals surface area contributed by atoms with Gasteiger partial charge in [-0.2, -0.15) is 0 Å². The van der Waals surface area contributed by atoms with Gasteiger partial charge in [-0.3, -0.25) is 0 Å².